The Labute approximate surface area is 208 Å². The number of imide groups is 1. The molecule has 2 aromatic carbocycles. The van der Waals surface area contributed by atoms with Gasteiger partial charge in [0.2, 0.25) is 5.91 Å². The van der Waals surface area contributed by atoms with Crippen molar-refractivity contribution in [2.75, 3.05) is 25.1 Å². The van der Waals surface area contributed by atoms with Gasteiger partial charge in [0.1, 0.15) is 6.54 Å². The molecular weight excluding hydrogens is 507 g/mol. The Morgan fingerprint density at radius 2 is 1.88 bits per heavy atom. The molecule has 1 fully saturated rings. The van der Waals surface area contributed by atoms with Gasteiger partial charge in [0.15, 0.2) is 18.1 Å². The Morgan fingerprint density at radius 1 is 1.15 bits per heavy atom. The monoisotopic (exact) mass is 524 g/mol. The van der Waals surface area contributed by atoms with Gasteiger partial charge >= 0.3 is 5.97 Å². The number of thioether (sulfide) groups is 1. The molecule has 9 nitrogen and oxygen atoms in total. The van der Waals surface area contributed by atoms with E-state index in [2.05, 4.69) is 5.32 Å². The van der Waals surface area contributed by atoms with Gasteiger partial charge in [-0.25, -0.2) is 4.79 Å². The first-order valence-corrected chi connectivity index (χ1v) is 11.4. The number of carboxylic acids is 1. The Morgan fingerprint density at radius 3 is 2.56 bits per heavy atom. The summed E-state index contributed by atoms with van der Waals surface area (Å²) in [6.45, 7) is 0.870. The van der Waals surface area contributed by atoms with Crippen molar-refractivity contribution in [3.05, 3.63) is 56.9 Å². The van der Waals surface area contributed by atoms with E-state index in [-0.39, 0.29) is 28.0 Å². The molecule has 0 unspecified atom stereocenters. The van der Waals surface area contributed by atoms with Crippen LogP contribution < -0.4 is 14.8 Å². The van der Waals surface area contributed by atoms with E-state index < -0.39 is 36.2 Å². The van der Waals surface area contributed by atoms with E-state index in [0.717, 1.165) is 4.90 Å². The molecule has 2 N–H and O–H groups in total. The summed E-state index contributed by atoms with van der Waals surface area (Å²) in [4.78, 5) is 49.2. The molecule has 12 heteroatoms. The minimum absolute atomic E-state index is 0.0485. The second kappa shape index (κ2) is 11.3. The topological polar surface area (TPSA) is 122 Å². The fourth-order valence-corrected chi connectivity index (χ4v) is 4.19. The average Bonchev–Trinajstić information content (AvgIpc) is 3.02. The van der Waals surface area contributed by atoms with Crippen LogP contribution in [-0.4, -0.2) is 52.8 Å². The van der Waals surface area contributed by atoms with Crippen LogP contribution in [0.15, 0.2) is 41.3 Å². The number of nitrogens with one attached hydrogen (secondary N) is 1. The molecule has 0 bridgehead atoms. The molecule has 0 saturated carbocycles. The zero-order chi connectivity index (χ0) is 24.8. The number of ether oxygens (including phenoxy) is 2. The molecule has 2 aromatic rings. The number of carbonyl (C=O) groups is 4. The Bertz CT molecular complexity index is 1190. The lowest BCUT2D eigenvalue weighted by Crippen LogP contribution is -2.36. The Hall–Kier alpha value is -3.21. The fraction of sp³-hybridized carbons (Fsp3) is 0.182. The molecule has 1 aliphatic heterocycles. The molecule has 3 rings (SSSR count). The highest BCUT2D eigenvalue weighted by atomic mass is 35.5. The molecule has 1 saturated heterocycles. The van der Waals surface area contributed by atoms with Crippen molar-refractivity contribution in [1.82, 2.24) is 4.90 Å². The minimum atomic E-state index is -1.19. The molecule has 1 aliphatic rings. The van der Waals surface area contributed by atoms with Crippen LogP contribution in [0.1, 0.15) is 12.5 Å². The number of para-hydroxylation sites is 1. The first kappa shape index (κ1) is 25.4. The van der Waals surface area contributed by atoms with Crippen LogP contribution in [0, 0.1) is 0 Å². The van der Waals surface area contributed by atoms with Crippen molar-refractivity contribution in [1.29, 1.82) is 0 Å². The van der Waals surface area contributed by atoms with E-state index in [1.165, 1.54) is 18.2 Å². The van der Waals surface area contributed by atoms with Gasteiger partial charge < -0.3 is 19.9 Å². The van der Waals surface area contributed by atoms with E-state index in [1.807, 2.05) is 0 Å². The third-order valence-corrected chi connectivity index (χ3v) is 5.81. The zero-order valence-corrected chi connectivity index (χ0v) is 20.0. The normalized spacial score (nSPS) is 14.4. The molecule has 0 spiro atoms. The van der Waals surface area contributed by atoms with Gasteiger partial charge in [-0.2, -0.15) is 0 Å². The SMILES string of the molecule is CCOc1cc(C=C2SC(=O)N(CC(=O)Nc3ccccc3Cl)C2=O)cc(Cl)c1OCC(=O)O. The summed E-state index contributed by atoms with van der Waals surface area (Å²) in [5.74, 6) is -2.19. The number of hydrogen-bond donors (Lipinski definition) is 2. The highest BCUT2D eigenvalue weighted by Gasteiger charge is 2.36. The van der Waals surface area contributed by atoms with Gasteiger partial charge in [-0.3, -0.25) is 19.3 Å². The van der Waals surface area contributed by atoms with Gasteiger partial charge in [0.05, 0.1) is 27.2 Å². The molecule has 0 radical (unpaired) electrons. The van der Waals surface area contributed by atoms with Crippen LogP contribution in [0.3, 0.4) is 0 Å². The van der Waals surface area contributed by atoms with Crippen molar-refractivity contribution in [2.45, 2.75) is 6.92 Å². The van der Waals surface area contributed by atoms with Crippen molar-refractivity contribution >= 4 is 69.8 Å². The first-order chi connectivity index (χ1) is 16.2. The first-order valence-electron chi connectivity index (χ1n) is 9.80. The van der Waals surface area contributed by atoms with Gasteiger partial charge in [0.25, 0.3) is 11.1 Å². The standard InChI is InChI=1S/C22H18Cl2N2O7S/c1-2-32-16-8-12(7-14(24)20(16)33-11-19(28)29)9-17-21(30)26(22(31)34-17)10-18(27)25-15-6-4-3-5-13(15)23/h3-9H,2,10-11H2,1H3,(H,25,27)(H,28,29). The summed E-state index contributed by atoms with van der Waals surface area (Å²) in [5, 5.41) is 11.2. The Balaban J connectivity index is 1.78. The lowest BCUT2D eigenvalue weighted by molar-refractivity contribution is -0.139. The Kier molecular flexibility index (Phi) is 8.43. The molecule has 34 heavy (non-hydrogen) atoms. The largest absolute Gasteiger partial charge is 0.490 e. The van der Waals surface area contributed by atoms with Crippen LogP contribution >= 0.6 is 35.0 Å². The number of halogens is 2. The van der Waals surface area contributed by atoms with Crippen LogP contribution in [0.4, 0.5) is 10.5 Å². The molecule has 3 amide bonds. The van der Waals surface area contributed by atoms with Gasteiger partial charge in [0, 0.05) is 0 Å². The van der Waals surface area contributed by atoms with E-state index in [0.29, 0.717) is 28.0 Å². The third kappa shape index (κ3) is 6.22. The summed E-state index contributed by atoms with van der Waals surface area (Å²) in [5.41, 5.74) is 0.780. The molecule has 0 aliphatic carbocycles. The average molecular weight is 525 g/mol. The minimum Gasteiger partial charge on any atom is -0.490 e. The van der Waals surface area contributed by atoms with Crippen molar-refractivity contribution in [2.24, 2.45) is 0 Å². The summed E-state index contributed by atoms with van der Waals surface area (Å²) in [7, 11) is 0. The maximum absolute atomic E-state index is 12.8. The highest BCUT2D eigenvalue weighted by molar-refractivity contribution is 8.18. The fourth-order valence-electron chi connectivity index (χ4n) is 2.89. The van der Waals surface area contributed by atoms with Gasteiger partial charge in [-0.05, 0) is 54.6 Å². The number of rotatable bonds is 9. The number of anilines is 1. The van der Waals surface area contributed by atoms with E-state index in [9.17, 15) is 19.2 Å². The van der Waals surface area contributed by atoms with Gasteiger partial charge in [-0.1, -0.05) is 35.3 Å². The third-order valence-electron chi connectivity index (χ3n) is 4.29. The summed E-state index contributed by atoms with van der Waals surface area (Å²) < 4.78 is 10.7. The zero-order valence-electron chi connectivity index (χ0n) is 17.7. The number of amides is 3. The van der Waals surface area contributed by atoms with Gasteiger partial charge in [-0.15, -0.1) is 0 Å². The molecule has 0 aromatic heterocycles. The van der Waals surface area contributed by atoms with Crippen molar-refractivity contribution in [3.63, 3.8) is 0 Å². The number of nitrogens with zero attached hydrogens (tertiary/aromatic N) is 1. The van der Waals surface area contributed by atoms with Crippen LogP contribution in [0.5, 0.6) is 11.5 Å². The second-order valence-electron chi connectivity index (χ2n) is 6.74. The second-order valence-corrected chi connectivity index (χ2v) is 8.55. The van der Waals surface area contributed by atoms with E-state index in [1.54, 1.807) is 31.2 Å². The predicted octanol–water partition coefficient (Wildman–Crippen LogP) is 4.53. The smallest absolute Gasteiger partial charge is 0.341 e. The number of carboxylic acid groups (broad SMARTS) is 1. The lowest BCUT2D eigenvalue weighted by atomic mass is 10.1. The lowest BCUT2D eigenvalue weighted by Gasteiger charge is -2.14. The maximum atomic E-state index is 12.8. The molecule has 0 atom stereocenters. The number of aliphatic carboxylic acids is 1. The van der Waals surface area contributed by atoms with E-state index in [4.69, 9.17) is 37.8 Å². The molecule has 178 valence electrons. The van der Waals surface area contributed by atoms with Crippen molar-refractivity contribution < 1.29 is 33.8 Å². The van der Waals surface area contributed by atoms with Crippen LogP contribution in [0.25, 0.3) is 6.08 Å². The summed E-state index contributed by atoms with van der Waals surface area (Å²) in [6, 6.07) is 9.53. The number of benzene rings is 2. The maximum Gasteiger partial charge on any atom is 0.341 e. The summed E-state index contributed by atoms with van der Waals surface area (Å²) >= 11 is 12.9. The molecule has 1 heterocycles. The van der Waals surface area contributed by atoms with Crippen molar-refractivity contribution in [3.8, 4) is 11.5 Å². The predicted molar refractivity (Wildman–Crippen MR) is 129 cm³/mol. The summed E-state index contributed by atoms with van der Waals surface area (Å²) in [6.07, 6.45) is 1.42. The molecular formula is C22H18Cl2N2O7S. The number of hydrogen-bond acceptors (Lipinski definition) is 7. The van der Waals surface area contributed by atoms with E-state index >= 15 is 0 Å². The quantitative estimate of drug-likeness (QED) is 0.458. The number of carbonyl (C=O) groups excluding carboxylic acids is 3. The highest BCUT2D eigenvalue weighted by Crippen LogP contribution is 2.39. The van der Waals surface area contributed by atoms with Crippen LogP contribution in [0.2, 0.25) is 10.0 Å². The van der Waals surface area contributed by atoms with Crippen LogP contribution in [-0.2, 0) is 14.4 Å².